The van der Waals surface area contributed by atoms with Crippen LogP contribution in [-0.2, 0) is 18.4 Å². The van der Waals surface area contributed by atoms with Crippen molar-refractivity contribution >= 4 is 13.7 Å². The minimum Gasteiger partial charge on any atom is -0.387 e. The predicted molar refractivity (Wildman–Crippen MR) is 253 cm³/mol. The van der Waals surface area contributed by atoms with Gasteiger partial charge in [-0.05, 0) is 83.5 Å². The zero-order chi connectivity index (χ0) is 43.6. The molecule has 0 aromatic rings. The molecule has 0 aromatic carbocycles. The molecule has 0 aliphatic heterocycles. The maximum atomic E-state index is 12.9. The molecule has 0 aromatic heterocycles. The predicted octanol–water partition coefficient (Wildman–Crippen LogP) is 13.1. The van der Waals surface area contributed by atoms with Crippen LogP contribution >= 0.6 is 7.82 Å². The number of amides is 1. The number of nitrogens with zero attached hydrogens (tertiary/aromatic N) is 1. The minimum absolute atomic E-state index is 0.0375. The summed E-state index contributed by atoms with van der Waals surface area (Å²) in [5.41, 5.74) is 0. The van der Waals surface area contributed by atoms with Gasteiger partial charge in [-0.3, -0.25) is 13.8 Å². The summed E-state index contributed by atoms with van der Waals surface area (Å²) in [6.45, 7) is 4.60. The summed E-state index contributed by atoms with van der Waals surface area (Å²) >= 11 is 0. The lowest BCUT2D eigenvalue weighted by molar-refractivity contribution is -0.870. The fourth-order valence-corrected chi connectivity index (χ4v) is 6.61. The molecule has 3 atom stereocenters. The van der Waals surface area contributed by atoms with Gasteiger partial charge in [0.1, 0.15) is 13.2 Å². The zero-order valence-corrected chi connectivity index (χ0v) is 39.1. The van der Waals surface area contributed by atoms with Crippen LogP contribution in [0.5, 0.6) is 0 Å². The molecule has 3 unspecified atom stereocenters. The highest BCUT2D eigenvalue weighted by molar-refractivity contribution is 7.47. The second kappa shape index (κ2) is 40.8. The van der Waals surface area contributed by atoms with Crippen molar-refractivity contribution in [3.8, 4) is 0 Å². The molecule has 1 amide bonds. The molecule has 0 aliphatic carbocycles. The maximum absolute atomic E-state index is 12.9. The number of hydrogen-bond donors (Lipinski definition) is 3. The number of phosphoric acid groups is 1. The standard InChI is InChI=1S/C50H87N2O6P/c1-6-8-10-12-14-16-18-20-22-24-25-26-28-29-31-33-35-37-39-41-43-49(53)48(47-58-59(55,56)57-46-45-52(3,4)5)51-50(54)44-42-40-38-36-34-32-30-27-23-21-19-17-15-13-11-9-7-2/h9,11,15,17,21,23,26,28,30,32-33,35-36,38,41,43,48-49,53H,6-8,10,12-14,16,18-20,22,24-25,27,29,31,34,37,39-40,42,44-47H2,1-5H3,(H-,51,54,55,56)/p+1/b11-9-,17-15-,23-21-,28-26+,32-30-,35-33+,38-36-,43-41+. The number of likely N-dealkylation sites (N-methyl/N-ethyl adjacent to an activating group) is 1. The van der Waals surface area contributed by atoms with E-state index in [1.54, 1.807) is 6.08 Å². The fourth-order valence-electron chi connectivity index (χ4n) is 5.87. The summed E-state index contributed by atoms with van der Waals surface area (Å²) in [6.07, 6.45) is 57.8. The molecular weight excluding hydrogens is 756 g/mol. The van der Waals surface area contributed by atoms with Crippen molar-refractivity contribution in [2.45, 2.75) is 174 Å². The highest BCUT2D eigenvalue weighted by atomic mass is 31.2. The second-order valence-corrected chi connectivity index (χ2v) is 17.8. The van der Waals surface area contributed by atoms with Crippen LogP contribution in [0.1, 0.15) is 162 Å². The molecule has 0 bridgehead atoms. The Morgan fingerprint density at radius 1 is 0.593 bits per heavy atom. The molecule has 0 saturated carbocycles. The number of nitrogens with one attached hydrogen (secondary N) is 1. The van der Waals surface area contributed by atoms with Crippen molar-refractivity contribution < 1.29 is 32.9 Å². The van der Waals surface area contributed by atoms with Crippen LogP contribution in [0.4, 0.5) is 0 Å². The van der Waals surface area contributed by atoms with Crippen molar-refractivity contribution in [2.75, 3.05) is 40.9 Å². The average Bonchev–Trinajstić information content (AvgIpc) is 3.19. The molecule has 0 heterocycles. The zero-order valence-electron chi connectivity index (χ0n) is 38.2. The van der Waals surface area contributed by atoms with E-state index in [1.807, 2.05) is 27.2 Å². The highest BCUT2D eigenvalue weighted by Crippen LogP contribution is 2.43. The Morgan fingerprint density at radius 3 is 1.56 bits per heavy atom. The largest absolute Gasteiger partial charge is 0.472 e. The normalized spacial score (nSPS) is 15.2. The summed E-state index contributed by atoms with van der Waals surface area (Å²) in [5, 5.41) is 13.8. The summed E-state index contributed by atoms with van der Waals surface area (Å²) in [4.78, 5) is 23.1. The number of hydrogen-bond acceptors (Lipinski definition) is 5. The summed E-state index contributed by atoms with van der Waals surface area (Å²) in [5.74, 6) is -0.252. The van der Waals surface area contributed by atoms with Crippen molar-refractivity contribution in [1.29, 1.82) is 0 Å². The second-order valence-electron chi connectivity index (χ2n) is 16.4. The van der Waals surface area contributed by atoms with E-state index in [2.05, 4.69) is 104 Å². The SMILES string of the molecule is CC/C=C\C/C=C\C/C=C\C/C=C\C/C=C\CCCC(=O)NC(COP(=O)(O)OCC[N+](C)(C)C)C(O)/C=C/CC/C=C/CC/C=C/CCCCCCCCCCCC. The van der Waals surface area contributed by atoms with Crippen molar-refractivity contribution in [3.63, 3.8) is 0 Å². The van der Waals surface area contributed by atoms with Crippen LogP contribution in [0.2, 0.25) is 0 Å². The molecule has 0 aliphatic rings. The fraction of sp³-hybridized carbons (Fsp3) is 0.660. The first-order valence-electron chi connectivity index (χ1n) is 23.1. The van der Waals surface area contributed by atoms with Crippen LogP contribution in [0.25, 0.3) is 0 Å². The van der Waals surface area contributed by atoms with Crippen LogP contribution < -0.4 is 5.32 Å². The van der Waals surface area contributed by atoms with Gasteiger partial charge in [-0.15, -0.1) is 0 Å². The third kappa shape index (κ3) is 43.3. The van der Waals surface area contributed by atoms with E-state index in [0.717, 1.165) is 64.2 Å². The Labute approximate surface area is 362 Å². The van der Waals surface area contributed by atoms with Gasteiger partial charge in [-0.25, -0.2) is 4.57 Å². The van der Waals surface area contributed by atoms with Gasteiger partial charge in [-0.2, -0.15) is 0 Å². The van der Waals surface area contributed by atoms with Crippen molar-refractivity contribution in [3.05, 3.63) is 97.2 Å². The van der Waals surface area contributed by atoms with Gasteiger partial charge in [0.05, 0.1) is 39.9 Å². The number of allylic oxidation sites excluding steroid dienone is 15. The first kappa shape index (κ1) is 56.4. The first-order chi connectivity index (χ1) is 28.5. The van der Waals surface area contributed by atoms with Gasteiger partial charge < -0.3 is 19.8 Å². The topological polar surface area (TPSA) is 105 Å². The van der Waals surface area contributed by atoms with E-state index in [1.165, 1.54) is 70.6 Å². The van der Waals surface area contributed by atoms with E-state index in [4.69, 9.17) is 9.05 Å². The molecule has 0 spiro atoms. The summed E-state index contributed by atoms with van der Waals surface area (Å²) in [7, 11) is 1.49. The Bertz CT molecular complexity index is 1280. The van der Waals surface area contributed by atoms with Gasteiger partial charge in [0, 0.05) is 6.42 Å². The molecule has 0 rings (SSSR count). The molecule has 3 N–H and O–H groups in total. The van der Waals surface area contributed by atoms with Gasteiger partial charge in [0.25, 0.3) is 0 Å². The average molecular weight is 844 g/mol. The van der Waals surface area contributed by atoms with Gasteiger partial charge in [0.15, 0.2) is 0 Å². The van der Waals surface area contributed by atoms with Crippen molar-refractivity contribution in [1.82, 2.24) is 5.32 Å². The number of aliphatic hydroxyl groups excluding tert-OH is 1. The first-order valence-corrected chi connectivity index (χ1v) is 24.6. The molecule has 0 fully saturated rings. The van der Waals surface area contributed by atoms with E-state index in [9.17, 15) is 19.4 Å². The number of rotatable bonds is 40. The number of quaternary nitrogens is 1. The minimum atomic E-state index is -4.37. The lowest BCUT2D eigenvalue weighted by Crippen LogP contribution is -2.45. The van der Waals surface area contributed by atoms with Gasteiger partial charge >= 0.3 is 7.82 Å². The van der Waals surface area contributed by atoms with Crippen LogP contribution in [0.3, 0.4) is 0 Å². The lowest BCUT2D eigenvalue weighted by Gasteiger charge is -2.25. The molecule has 338 valence electrons. The molecule has 0 radical (unpaired) electrons. The maximum Gasteiger partial charge on any atom is 0.472 e. The molecule has 0 saturated heterocycles. The Kier molecular flexibility index (Phi) is 39.0. The van der Waals surface area contributed by atoms with E-state index in [-0.39, 0.29) is 25.5 Å². The van der Waals surface area contributed by atoms with Crippen LogP contribution in [0, 0.1) is 0 Å². The summed E-state index contributed by atoms with van der Waals surface area (Å²) < 4.78 is 23.5. The lowest BCUT2D eigenvalue weighted by atomic mass is 10.1. The van der Waals surface area contributed by atoms with Gasteiger partial charge in [-0.1, -0.05) is 169 Å². The smallest absolute Gasteiger partial charge is 0.387 e. The molecule has 8 nitrogen and oxygen atoms in total. The van der Waals surface area contributed by atoms with Crippen LogP contribution in [0.15, 0.2) is 97.2 Å². The van der Waals surface area contributed by atoms with Crippen molar-refractivity contribution in [2.24, 2.45) is 0 Å². The van der Waals surface area contributed by atoms with E-state index < -0.39 is 20.0 Å². The number of unbranched alkanes of at least 4 members (excludes halogenated alkanes) is 13. The number of aliphatic hydroxyl groups is 1. The highest BCUT2D eigenvalue weighted by Gasteiger charge is 2.27. The monoisotopic (exact) mass is 844 g/mol. The summed E-state index contributed by atoms with van der Waals surface area (Å²) in [6, 6.07) is -0.905. The Morgan fingerprint density at radius 2 is 1.03 bits per heavy atom. The third-order valence-corrected chi connectivity index (χ3v) is 10.5. The molecule has 9 heteroatoms. The van der Waals surface area contributed by atoms with Gasteiger partial charge in [0.2, 0.25) is 5.91 Å². The van der Waals surface area contributed by atoms with E-state index >= 15 is 0 Å². The molecule has 59 heavy (non-hydrogen) atoms. The number of carbonyl (C=O) groups is 1. The quantitative estimate of drug-likeness (QED) is 0.0246. The number of carbonyl (C=O) groups excluding carboxylic acids is 1. The third-order valence-electron chi connectivity index (χ3n) is 9.52. The Balaban J connectivity index is 4.60. The molecular formula is C50H88N2O6P+. The van der Waals surface area contributed by atoms with Crippen LogP contribution in [-0.4, -0.2) is 73.4 Å². The van der Waals surface area contributed by atoms with E-state index in [0.29, 0.717) is 17.4 Å². The Hall–Kier alpha value is -2.58. The number of phosphoric ester groups is 1.